The molecule has 3 N–H and O–H groups in total. The molecule has 25 heteroatoms. The predicted octanol–water partition coefficient (Wildman–Crippen LogP) is 29.0. The first kappa shape index (κ1) is 111. The summed E-state index contributed by atoms with van der Waals surface area (Å²) in [4.78, 5) is 47.4. The van der Waals surface area contributed by atoms with E-state index in [0.717, 1.165) is 214 Å². The van der Waals surface area contributed by atoms with Crippen molar-refractivity contribution < 1.29 is 82.6 Å². The van der Waals surface area contributed by atoms with Gasteiger partial charge in [0.15, 0.2) is 17.4 Å². The molecule has 6 heterocycles. The van der Waals surface area contributed by atoms with Crippen LogP contribution in [0, 0.1) is 101 Å². The molecule has 12 unspecified atom stereocenters. The average molecular weight is 2180 g/mol. The molecule has 12 atom stereocenters. The van der Waals surface area contributed by atoms with Crippen molar-refractivity contribution >= 4 is 134 Å². The Labute approximate surface area is 939 Å². The van der Waals surface area contributed by atoms with Crippen molar-refractivity contribution in [2.24, 2.45) is 101 Å². The van der Waals surface area contributed by atoms with Crippen LogP contribution in [-0.4, -0.2) is 112 Å². The Morgan fingerprint density at radius 2 is 0.693 bits per heavy atom. The van der Waals surface area contributed by atoms with Crippen molar-refractivity contribution in [1.82, 2.24) is 29.9 Å². The summed E-state index contributed by atoms with van der Waals surface area (Å²) in [6.07, 6.45) is 40.4. The molecule has 790 valence electrons. The zero-order valence-corrected chi connectivity index (χ0v) is 94.8. The van der Waals surface area contributed by atoms with Gasteiger partial charge >= 0.3 is 37.2 Å². The van der Waals surface area contributed by atoms with Gasteiger partial charge in [0.2, 0.25) is 0 Å². The zero-order chi connectivity index (χ0) is 103. The number of para-hydroxylation sites is 6. The number of nitrogens with one attached hydrogen (secondary N) is 3. The van der Waals surface area contributed by atoms with E-state index in [1.807, 2.05) is 103 Å². The Balaban J connectivity index is 0.000000114. The van der Waals surface area contributed by atoms with Crippen LogP contribution in [0.1, 0.15) is 227 Å². The molecule has 12 saturated carbocycles. The van der Waals surface area contributed by atoms with Gasteiger partial charge in [-0.05, 0) is 383 Å². The van der Waals surface area contributed by atoms with Gasteiger partial charge < -0.3 is 53.8 Å². The van der Waals surface area contributed by atoms with Crippen molar-refractivity contribution in [2.75, 3.05) is 52.9 Å². The minimum absolute atomic E-state index is 0. The van der Waals surface area contributed by atoms with Gasteiger partial charge in [-0.15, -0.1) is 0 Å². The third-order valence-electron chi connectivity index (χ3n) is 35.0. The molecule has 15 fully saturated rings. The third kappa shape index (κ3) is 27.3. The standard InChI is InChI=1S/C23H25ClN2.C23H23ClN2.C17H21ClO2.C17H19ClO2.C15H17ClO.C11H16ClO3P.C10H14O3.C9H10N2.Na.H/c2*24-19-9-5-15(6-10-19)11-16-12-17-7-8-18(13-16)20(17)14-23-25-21-3-1-2-4-22(21)26-23;2*18-16-5-1-12(2-6-16)9-13-10-14-3-4-15(11-13)17(14)19-7-8-20-17;16-14-5-1-10(2-6-14)7-11-8-12-3-4-13(9-11)15(12)17;1-3-14-16(13,15-4-2)9-10-5-7-11(12)8-6-10;11-9-5-7-1-2-8(6-9)10(7)12-3-4-13-10;1-2-9-10-7-5-3-4-6-8(7)11-9;;/h1-6,9-10,16-18,20H,7-8,11-14H2,(H,25,26);1-6,9-10,14,16-18H,7-8,11-13H2,(H,25,26);1-2,5-6,13-15H,3-4,7-11H2;1-2,5-6,9,14-15H,3-4,7-8,10-11H2;1-2,5-6,11-13H,3-4,7-9H2;5-8H,3-4,9H2,1-2H3;7-8H,1-6H2;3-6H,2H2,1H3,(H,10,11);;/q;;;;;;;;+1;-1. The molecule has 12 aliphatic carbocycles. The summed E-state index contributed by atoms with van der Waals surface area (Å²) < 4.78 is 58.2. The minimum atomic E-state index is -3.00. The van der Waals surface area contributed by atoms with E-state index in [4.69, 9.17) is 117 Å². The number of fused-ring (bicyclic) bond motifs is 9. The Kier molecular flexibility index (Phi) is 38.1. The molecule has 3 spiro atoms. The molecule has 27 rings (SSSR count). The number of ether oxygens (including phenoxy) is 6. The maximum Gasteiger partial charge on any atom is 1.00 e. The summed E-state index contributed by atoms with van der Waals surface area (Å²) >= 11 is 35.6. The fourth-order valence-electron chi connectivity index (χ4n) is 28.6. The van der Waals surface area contributed by atoms with Gasteiger partial charge in [0.25, 0.3) is 0 Å². The summed E-state index contributed by atoms with van der Waals surface area (Å²) in [5.41, 5.74) is 17.6. The van der Waals surface area contributed by atoms with Crippen LogP contribution in [-0.2, 0) is 96.3 Å². The number of ketones is 2. The monoisotopic (exact) mass is 2170 g/mol. The number of aryl methyl sites for hydroxylation is 1. The van der Waals surface area contributed by atoms with Crippen LogP contribution >= 0.6 is 77.2 Å². The number of H-pyrrole nitrogens is 3. The quantitative estimate of drug-likeness (QED) is 0.0508. The Hall–Kier alpha value is -7.14. The van der Waals surface area contributed by atoms with Gasteiger partial charge in [0, 0.05) is 103 Å². The van der Waals surface area contributed by atoms with E-state index < -0.39 is 7.60 Å². The van der Waals surface area contributed by atoms with Gasteiger partial charge in [-0.3, -0.25) is 14.2 Å². The topological polar surface area (TPSA) is 211 Å². The second kappa shape index (κ2) is 51.5. The zero-order valence-electron chi connectivity index (χ0n) is 88.4. The number of carbonyl (C=O) groups excluding carboxylic acids is 2. The molecule has 15 aliphatic rings. The van der Waals surface area contributed by atoms with E-state index in [1.165, 1.54) is 154 Å². The van der Waals surface area contributed by atoms with Gasteiger partial charge in [-0.25, -0.2) is 15.0 Å². The summed E-state index contributed by atoms with van der Waals surface area (Å²) in [5, 5.41) is 4.74. The number of imidazole rings is 3. The number of allylic oxidation sites excluding steroid dienone is 2. The molecule has 3 aliphatic heterocycles. The number of halogens is 6. The molecule has 12 aromatic rings. The molecule has 17 nitrogen and oxygen atoms in total. The number of benzene rings is 9. The van der Waals surface area contributed by atoms with E-state index in [9.17, 15) is 14.2 Å². The second-order valence-corrected chi connectivity index (χ2v) is 49.3. The Morgan fingerprint density at radius 3 is 1.09 bits per heavy atom. The number of Topliss-reactive ketones (excluding diaryl/α,β-unsaturated/α-hetero) is 2. The van der Waals surface area contributed by atoms with Gasteiger partial charge in [0.05, 0.1) is 92.1 Å². The minimum Gasteiger partial charge on any atom is -1.00 e. The molecule has 0 amide bonds. The number of aromatic nitrogens is 6. The largest absolute Gasteiger partial charge is 1.00 e. The normalized spacial score (nSPS) is 27.2. The van der Waals surface area contributed by atoms with Gasteiger partial charge in [0.1, 0.15) is 29.0 Å². The summed E-state index contributed by atoms with van der Waals surface area (Å²) in [7, 11) is -3.00. The number of hydrogen-bond donors (Lipinski definition) is 3. The maximum atomic E-state index is 12.2. The molecular formula is C125H146Cl6N6NaO11P. The Bertz CT molecular complexity index is 6370. The van der Waals surface area contributed by atoms with Crippen molar-refractivity contribution in [3.05, 3.63) is 311 Å². The second-order valence-electron chi connectivity index (χ2n) is 44.6. The SMILES string of the molecule is CCOP(=O)(Cc1ccc(Cl)cc1)OCC.CCc1nc2ccccc2[nH]1.Clc1ccc(C=C2CC3CCC(C2)C32OCCO2)cc1.Clc1ccc(CC2CC3CCC(C2)C32OCCO2)cc1.Clc1ccc(CC2CC3CCC(C2)C3=Cc2nc3ccccc3[nH]2)cc1.Clc1ccc(CC2CC3CCC(C2)C3Cc2nc3ccccc3[nH]2)cc1.O=C1C2CCC1CC(Cc1ccc(Cl)cc1)C2.O=C1CC2CCC(C1)C21OCCO1.[H-].[Na+]. The maximum absolute atomic E-state index is 12.2. The molecule has 9 aromatic carbocycles. The summed E-state index contributed by atoms with van der Waals surface area (Å²) in [6.45, 7) is 11.0. The molecule has 150 heavy (non-hydrogen) atoms. The van der Waals surface area contributed by atoms with Crippen LogP contribution in [0.2, 0.25) is 30.1 Å². The molecule has 3 aromatic heterocycles. The number of hydrogen-bond acceptors (Lipinski definition) is 14. The molecule has 3 saturated heterocycles. The fourth-order valence-corrected chi connectivity index (χ4v) is 31.1. The molecule has 0 radical (unpaired) electrons. The van der Waals surface area contributed by atoms with E-state index in [2.05, 4.69) is 142 Å². The van der Waals surface area contributed by atoms with Crippen molar-refractivity contribution in [3.63, 3.8) is 0 Å². The van der Waals surface area contributed by atoms with Crippen LogP contribution in [0.5, 0.6) is 0 Å². The number of rotatable bonds is 19. The molecular weight excluding hydrogens is 2030 g/mol. The first-order valence-corrected chi connectivity index (χ1v) is 59.5. The summed E-state index contributed by atoms with van der Waals surface area (Å²) in [6, 6.07) is 73.3. The van der Waals surface area contributed by atoms with Crippen LogP contribution < -0.4 is 29.6 Å². The smallest absolute Gasteiger partial charge is 1.00 e. The van der Waals surface area contributed by atoms with Gasteiger partial charge in [-0.1, -0.05) is 203 Å². The summed E-state index contributed by atoms with van der Waals surface area (Å²) in [5.74, 6) is 14.3. The van der Waals surface area contributed by atoms with Crippen LogP contribution in [0.4, 0.5) is 0 Å². The van der Waals surface area contributed by atoms with Crippen molar-refractivity contribution in [2.45, 2.75) is 237 Å². The average Bonchev–Trinajstić information content (AvgIpc) is 1.62. The van der Waals surface area contributed by atoms with Crippen LogP contribution in [0.3, 0.4) is 0 Å². The number of carbonyl (C=O) groups is 2. The van der Waals surface area contributed by atoms with Crippen molar-refractivity contribution in [3.8, 4) is 0 Å². The fraction of sp³-hybridized carbons (Fsp3) is 0.496. The van der Waals surface area contributed by atoms with E-state index in [1.54, 1.807) is 31.6 Å². The van der Waals surface area contributed by atoms with Crippen molar-refractivity contribution in [1.29, 1.82) is 0 Å². The Morgan fingerprint density at radius 1 is 0.360 bits per heavy atom. The van der Waals surface area contributed by atoms with E-state index >= 15 is 0 Å². The first-order valence-electron chi connectivity index (χ1n) is 55.5. The van der Waals surface area contributed by atoms with Crippen LogP contribution in [0.15, 0.2) is 230 Å². The molecule has 12 bridgehead atoms. The van der Waals surface area contributed by atoms with Crippen LogP contribution in [0.25, 0.3) is 45.3 Å². The first-order chi connectivity index (χ1) is 72.5. The van der Waals surface area contributed by atoms with E-state index in [-0.39, 0.29) is 54.5 Å². The number of aromatic amines is 3. The number of nitrogens with zero attached hydrogens (tertiary/aromatic N) is 3. The van der Waals surface area contributed by atoms with Gasteiger partial charge in [-0.2, -0.15) is 0 Å². The van der Waals surface area contributed by atoms with E-state index in [0.29, 0.717) is 109 Å². The predicted molar refractivity (Wildman–Crippen MR) is 601 cm³/mol. The third-order valence-corrected chi connectivity index (χ3v) is 38.6.